The molecule has 24 heavy (non-hydrogen) atoms. The molecule has 0 aromatic carbocycles. The Balaban J connectivity index is 1.41. The lowest BCUT2D eigenvalue weighted by Gasteiger charge is -2.34. The van der Waals surface area contributed by atoms with Gasteiger partial charge in [-0.05, 0) is 37.8 Å². The van der Waals surface area contributed by atoms with Crippen molar-refractivity contribution in [2.45, 2.75) is 51.0 Å². The van der Waals surface area contributed by atoms with Gasteiger partial charge in [-0.15, -0.1) is 15.3 Å². The number of aromatic nitrogens is 4. The molecule has 2 aliphatic rings. The van der Waals surface area contributed by atoms with Crippen LogP contribution in [0.3, 0.4) is 0 Å². The van der Waals surface area contributed by atoms with Crippen molar-refractivity contribution in [1.29, 1.82) is 0 Å². The summed E-state index contributed by atoms with van der Waals surface area (Å²) in [4.78, 5) is 14.8. The van der Waals surface area contributed by atoms with Gasteiger partial charge in [-0.1, -0.05) is 19.3 Å². The van der Waals surface area contributed by atoms with E-state index in [1.165, 1.54) is 19.3 Å². The monoisotopic (exact) mass is 328 g/mol. The van der Waals surface area contributed by atoms with E-state index in [4.69, 9.17) is 0 Å². The molecule has 1 saturated heterocycles. The number of carbonyl (C=O) groups excluding carboxylic acids is 1. The molecule has 2 aromatic rings. The van der Waals surface area contributed by atoms with Crippen LogP contribution in [0.25, 0.3) is 5.65 Å². The van der Waals surface area contributed by atoms with Crippen LogP contribution in [0, 0.1) is 5.92 Å². The zero-order chi connectivity index (χ0) is 16.4. The molecule has 3 heterocycles. The summed E-state index contributed by atoms with van der Waals surface area (Å²) in [5, 5.41) is 15.7. The molecular weight excluding hydrogens is 304 g/mol. The van der Waals surface area contributed by atoms with Crippen molar-refractivity contribution in [3.05, 3.63) is 18.5 Å². The highest BCUT2D eigenvalue weighted by atomic mass is 16.2. The summed E-state index contributed by atoms with van der Waals surface area (Å²) in [5.41, 5.74) is 0.738. The van der Waals surface area contributed by atoms with E-state index >= 15 is 0 Å². The van der Waals surface area contributed by atoms with Crippen LogP contribution in [0.1, 0.15) is 44.9 Å². The van der Waals surface area contributed by atoms with Crippen LogP contribution in [0.2, 0.25) is 0 Å². The standard InChI is InChI=1S/C17H24N6O/c24-17(19-14-6-2-1-3-7-14)13-5-4-10-22(11-13)16-9-8-15-20-18-12-23(15)21-16/h8-9,12-14H,1-7,10-11H2,(H,19,24)/t13-/m1/s1. The zero-order valence-corrected chi connectivity index (χ0v) is 13.9. The third-order valence-corrected chi connectivity index (χ3v) is 5.22. The van der Waals surface area contributed by atoms with Crippen LogP contribution >= 0.6 is 0 Å². The summed E-state index contributed by atoms with van der Waals surface area (Å²) >= 11 is 0. The molecule has 1 aliphatic carbocycles. The first-order chi connectivity index (χ1) is 11.8. The van der Waals surface area contributed by atoms with Crippen molar-refractivity contribution >= 4 is 17.4 Å². The minimum atomic E-state index is 0.0547. The number of rotatable bonds is 3. The first-order valence-corrected chi connectivity index (χ1v) is 9.02. The van der Waals surface area contributed by atoms with Crippen molar-refractivity contribution in [2.24, 2.45) is 5.92 Å². The molecule has 0 bridgehead atoms. The Morgan fingerprint density at radius 3 is 2.88 bits per heavy atom. The van der Waals surface area contributed by atoms with Crippen LogP contribution in [0.15, 0.2) is 18.5 Å². The molecule has 1 aliphatic heterocycles. The Morgan fingerprint density at radius 2 is 2.00 bits per heavy atom. The van der Waals surface area contributed by atoms with E-state index < -0.39 is 0 Å². The third-order valence-electron chi connectivity index (χ3n) is 5.22. The molecule has 2 fully saturated rings. The average Bonchev–Trinajstić information content (AvgIpc) is 3.10. The maximum atomic E-state index is 12.6. The minimum absolute atomic E-state index is 0.0547. The van der Waals surface area contributed by atoms with Crippen molar-refractivity contribution in [3.63, 3.8) is 0 Å². The maximum Gasteiger partial charge on any atom is 0.225 e. The van der Waals surface area contributed by atoms with E-state index in [2.05, 4.69) is 25.5 Å². The van der Waals surface area contributed by atoms with Gasteiger partial charge in [-0.2, -0.15) is 4.52 Å². The fourth-order valence-corrected chi connectivity index (χ4v) is 3.85. The highest BCUT2D eigenvalue weighted by Gasteiger charge is 2.28. The van der Waals surface area contributed by atoms with Gasteiger partial charge in [0, 0.05) is 19.1 Å². The number of carbonyl (C=O) groups is 1. The Bertz CT molecular complexity index is 708. The number of hydrogen-bond acceptors (Lipinski definition) is 5. The Kier molecular flexibility index (Phi) is 4.32. The second kappa shape index (κ2) is 6.75. The van der Waals surface area contributed by atoms with E-state index in [1.807, 2.05) is 12.1 Å². The SMILES string of the molecule is O=C(NC1CCCCC1)[C@@H]1CCCN(c2ccc3nncn3n2)C1. The molecule has 0 radical (unpaired) electrons. The fraction of sp³-hybridized carbons (Fsp3) is 0.647. The second-order valence-corrected chi connectivity index (χ2v) is 6.95. The molecule has 1 N–H and O–H groups in total. The van der Waals surface area contributed by atoms with Gasteiger partial charge in [-0.25, -0.2) is 0 Å². The highest BCUT2D eigenvalue weighted by molar-refractivity contribution is 5.79. The molecule has 7 heteroatoms. The Morgan fingerprint density at radius 1 is 1.12 bits per heavy atom. The predicted octanol–water partition coefficient (Wildman–Crippen LogP) is 1.79. The summed E-state index contributed by atoms with van der Waals surface area (Å²) in [5.74, 6) is 1.16. The zero-order valence-electron chi connectivity index (χ0n) is 13.9. The first kappa shape index (κ1) is 15.4. The normalized spacial score (nSPS) is 22.7. The number of hydrogen-bond donors (Lipinski definition) is 1. The molecule has 2 aromatic heterocycles. The third kappa shape index (κ3) is 3.20. The van der Waals surface area contributed by atoms with Crippen LogP contribution < -0.4 is 10.2 Å². The summed E-state index contributed by atoms with van der Waals surface area (Å²) < 4.78 is 1.68. The van der Waals surface area contributed by atoms with Crippen molar-refractivity contribution in [3.8, 4) is 0 Å². The molecular formula is C17H24N6O. The van der Waals surface area contributed by atoms with Gasteiger partial charge in [0.2, 0.25) is 5.91 Å². The molecule has 1 amide bonds. The lowest BCUT2D eigenvalue weighted by Crippen LogP contribution is -2.46. The van der Waals surface area contributed by atoms with E-state index in [0.717, 1.165) is 50.2 Å². The predicted molar refractivity (Wildman–Crippen MR) is 90.7 cm³/mol. The molecule has 1 atom stereocenters. The number of nitrogens with zero attached hydrogens (tertiary/aromatic N) is 5. The average molecular weight is 328 g/mol. The molecule has 0 spiro atoms. The lowest BCUT2D eigenvalue weighted by molar-refractivity contribution is -0.126. The number of piperidine rings is 1. The van der Waals surface area contributed by atoms with Gasteiger partial charge < -0.3 is 10.2 Å². The van der Waals surface area contributed by atoms with Crippen LogP contribution in [-0.2, 0) is 4.79 Å². The Labute approximate surface area is 141 Å². The fourth-order valence-electron chi connectivity index (χ4n) is 3.85. The lowest BCUT2D eigenvalue weighted by atomic mass is 9.93. The van der Waals surface area contributed by atoms with Gasteiger partial charge in [0.1, 0.15) is 12.1 Å². The molecule has 1 saturated carbocycles. The van der Waals surface area contributed by atoms with Crippen LogP contribution in [0.5, 0.6) is 0 Å². The maximum absolute atomic E-state index is 12.6. The van der Waals surface area contributed by atoms with Gasteiger partial charge in [-0.3, -0.25) is 4.79 Å². The largest absolute Gasteiger partial charge is 0.354 e. The summed E-state index contributed by atoms with van der Waals surface area (Å²) in [6.45, 7) is 1.67. The van der Waals surface area contributed by atoms with Crippen LogP contribution in [0.4, 0.5) is 5.82 Å². The highest BCUT2D eigenvalue weighted by Crippen LogP contribution is 2.23. The van der Waals surface area contributed by atoms with Gasteiger partial charge in [0.15, 0.2) is 5.65 Å². The summed E-state index contributed by atoms with van der Waals surface area (Å²) in [7, 11) is 0. The van der Waals surface area contributed by atoms with Crippen molar-refractivity contribution in [1.82, 2.24) is 25.1 Å². The van der Waals surface area contributed by atoms with Gasteiger partial charge in [0.05, 0.1) is 5.92 Å². The van der Waals surface area contributed by atoms with Gasteiger partial charge in [0.25, 0.3) is 0 Å². The quantitative estimate of drug-likeness (QED) is 0.930. The van der Waals surface area contributed by atoms with Crippen molar-refractivity contribution in [2.75, 3.05) is 18.0 Å². The molecule has 4 rings (SSSR count). The number of amides is 1. The second-order valence-electron chi connectivity index (χ2n) is 6.95. The molecule has 7 nitrogen and oxygen atoms in total. The molecule has 128 valence electrons. The Hall–Kier alpha value is -2.18. The number of anilines is 1. The van der Waals surface area contributed by atoms with E-state index in [1.54, 1.807) is 10.8 Å². The first-order valence-electron chi connectivity index (χ1n) is 9.02. The number of fused-ring (bicyclic) bond motifs is 1. The van der Waals surface area contributed by atoms with E-state index in [9.17, 15) is 4.79 Å². The smallest absolute Gasteiger partial charge is 0.225 e. The molecule has 0 unspecified atom stereocenters. The van der Waals surface area contributed by atoms with Crippen molar-refractivity contribution < 1.29 is 4.79 Å². The summed E-state index contributed by atoms with van der Waals surface area (Å²) in [6.07, 6.45) is 9.64. The van der Waals surface area contributed by atoms with E-state index in [-0.39, 0.29) is 11.8 Å². The van der Waals surface area contributed by atoms with Crippen LogP contribution in [-0.4, -0.2) is 44.8 Å². The summed E-state index contributed by atoms with van der Waals surface area (Å²) in [6, 6.07) is 4.26. The number of nitrogens with one attached hydrogen (secondary N) is 1. The van der Waals surface area contributed by atoms with E-state index in [0.29, 0.717) is 6.04 Å². The topological polar surface area (TPSA) is 75.4 Å². The minimum Gasteiger partial charge on any atom is -0.354 e. The van der Waals surface area contributed by atoms with Gasteiger partial charge >= 0.3 is 0 Å².